The number of halogens is 1. The predicted molar refractivity (Wildman–Crippen MR) is 117 cm³/mol. The number of piperidine rings is 1. The first-order valence-electron chi connectivity index (χ1n) is 10.00. The Balaban J connectivity index is 1.71. The summed E-state index contributed by atoms with van der Waals surface area (Å²) in [5.74, 6) is 0.188. The number of primary amides is 1. The molecule has 0 aliphatic carbocycles. The van der Waals surface area contributed by atoms with E-state index in [1.54, 1.807) is 36.4 Å². The zero-order chi connectivity index (χ0) is 21.8. The fourth-order valence-electron chi connectivity index (χ4n) is 3.78. The number of sulfonamides is 1. The zero-order valence-corrected chi connectivity index (χ0v) is 18.6. The molecule has 0 spiro atoms. The fourth-order valence-corrected chi connectivity index (χ4v) is 5.40. The molecule has 1 aliphatic heterocycles. The number of ether oxygens (including phenoxy) is 1. The molecule has 8 heteroatoms. The van der Waals surface area contributed by atoms with Gasteiger partial charge in [-0.15, -0.1) is 0 Å². The summed E-state index contributed by atoms with van der Waals surface area (Å²) >= 11 is 6.00. The highest BCUT2D eigenvalue weighted by Crippen LogP contribution is 2.37. The van der Waals surface area contributed by atoms with Crippen LogP contribution in [-0.4, -0.2) is 38.3 Å². The maximum atomic E-state index is 13.0. The summed E-state index contributed by atoms with van der Waals surface area (Å²) in [6, 6.07) is 14.0. The monoisotopic (exact) mass is 450 g/mol. The van der Waals surface area contributed by atoms with Crippen LogP contribution in [-0.2, 0) is 21.2 Å². The van der Waals surface area contributed by atoms with Gasteiger partial charge in [0.15, 0.2) is 0 Å². The Kier molecular flexibility index (Phi) is 7.06. The number of nitrogens with two attached hydrogens (primary N) is 1. The molecule has 30 heavy (non-hydrogen) atoms. The SMILES string of the molecule is CCc1ccc(S(=O)(=O)N2CCC(COc3cccc(Cl)c3)(CC(N)=O)CC2)cc1. The van der Waals surface area contributed by atoms with Gasteiger partial charge in [-0.1, -0.05) is 36.7 Å². The van der Waals surface area contributed by atoms with E-state index in [0.29, 0.717) is 36.7 Å². The lowest BCUT2D eigenvalue weighted by Gasteiger charge is -2.40. The van der Waals surface area contributed by atoms with Gasteiger partial charge in [-0.25, -0.2) is 8.42 Å². The standard InChI is InChI=1S/C22H27ClN2O4S/c1-2-17-6-8-20(9-7-17)30(27,28)25-12-10-22(11-13-25,15-21(24)26)16-29-19-5-3-4-18(23)14-19/h3-9,14H,2,10-13,15-16H2,1H3,(H2,24,26). The second-order valence-corrected chi connectivity index (χ2v) is 10.2. The van der Waals surface area contributed by atoms with E-state index in [0.717, 1.165) is 12.0 Å². The summed E-state index contributed by atoms with van der Waals surface area (Å²) in [6.45, 7) is 2.92. The third-order valence-electron chi connectivity index (χ3n) is 5.64. The minimum Gasteiger partial charge on any atom is -0.493 e. The summed E-state index contributed by atoms with van der Waals surface area (Å²) < 4.78 is 33.4. The van der Waals surface area contributed by atoms with Gasteiger partial charge in [0.05, 0.1) is 11.5 Å². The number of hydrogen-bond donors (Lipinski definition) is 1. The maximum Gasteiger partial charge on any atom is 0.243 e. The summed E-state index contributed by atoms with van der Waals surface area (Å²) in [5.41, 5.74) is 6.07. The van der Waals surface area contributed by atoms with Crippen LogP contribution in [0.4, 0.5) is 0 Å². The van der Waals surface area contributed by atoms with Crippen molar-refractivity contribution in [1.29, 1.82) is 0 Å². The molecular weight excluding hydrogens is 424 g/mol. The van der Waals surface area contributed by atoms with Crippen molar-refractivity contribution in [3.05, 3.63) is 59.1 Å². The minimum absolute atomic E-state index is 0.145. The van der Waals surface area contributed by atoms with Gasteiger partial charge in [0, 0.05) is 29.9 Å². The molecule has 2 N–H and O–H groups in total. The number of hydrogen-bond acceptors (Lipinski definition) is 4. The maximum absolute atomic E-state index is 13.0. The first-order valence-corrected chi connectivity index (χ1v) is 11.8. The molecule has 2 aromatic rings. The van der Waals surface area contributed by atoms with Gasteiger partial charge < -0.3 is 10.5 Å². The molecule has 0 unspecified atom stereocenters. The third kappa shape index (κ3) is 5.33. The van der Waals surface area contributed by atoms with E-state index in [-0.39, 0.29) is 17.9 Å². The van der Waals surface area contributed by atoms with Crippen molar-refractivity contribution in [3.63, 3.8) is 0 Å². The van der Waals surface area contributed by atoms with Crippen LogP contribution in [0.2, 0.25) is 5.02 Å². The molecule has 1 aliphatic rings. The van der Waals surface area contributed by atoms with Crippen LogP contribution >= 0.6 is 11.6 Å². The molecule has 1 saturated heterocycles. The molecule has 2 aromatic carbocycles. The van der Waals surface area contributed by atoms with Crippen molar-refractivity contribution in [3.8, 4) is 5.75 Å². The van der Waals surface area contributed by atoms with Crippen LogP contribution in [0, 0.1) is 5.41 Å². The summed E-state index contributed by atoms with van der Waals surface area (Å²) in [7, 11) is -3.58. The van der Waals surface area contributed by atoms with E-state index < -0.39 is 21.3 Å². The van der Waals surface area contributed by atoms with E-state index in [4.69, 9.17) is 22.1 Å². The molecule has 0 aromatic heterocycles. The predicted octanol–water partition coefficient (Wildman–Crippen LogP) is 3.63. The lowest BCUT2D eigenvalue weighted by Crippen LogP contribution is -2.47. The van der Waals surface area contributed by atoms with Crippen LogP contribution in [0.3, 0.4) is 0 Å². The van der Waals surface area contributed by atoms with Gasteiger partial charge in [0.2, 0.25) is 15.9 Å². The van der Waals surface area contributed by atoms with Crippen molar-refractivity contribution in [2.45, 2.75) is 37.5 Å². The number of benzene rings is 2. The molecule has 1 fully saturated rings. The highest BCUT2D eigenvalue weighted by molar-refractivity contribution is 7.89. The Morgan fingerprint density at radius 2 is 1.83 bits per heavy atom. The Hall–Kier alpha value is -2.09. The molecule has 1 heterocycles. The second-order valence-electron chi connectivity index (χ2n) is 7.79. The number of aryl methyl sites for hydroxylation is 1. The van der Waals surface area contributed by atoms with Gasteiger partial charge in [0.1, 0.15) is 5.75 Å². The number of amides is 1. The number of rotatable bonds is 8. The Labute approximate surface area is 183 Å². The molecule has 0 radical (unpaired) electrons. The molecule has 1 amide bonds. The lowest BCUT2D eigenvalue weighted by atomic mass is 9.76. The highest BCUT2D eigenvalue weighted by Gasteiger charge is 2.40. The quantitative estimate of drug-likeness (QED) is 0.665. The molecule has 0 saturated carbocycles. The van der Waals surface area contributed by atoms with Gasteiger partial charge in [-0.2, -0.15) is 4.31 Å². The third-order valence-corrected chi connectivity index (χ3v) is 7.79. The zero-order valence-electron chi connectivity index (χ0n) is 17.0. The largest absolute Gasteiger partial charge is 0.493 e. The highest BCUT2D eigenvalue weighted by atomic mass is 35.5. The lowest BCUT2D eigenvalue weighted by molar-refractivity contribution is -0.121. The van der Waals surface area contributed by atoms with Crippen molar-refractivity contribution in [2.75, 3.05) is 19.7 Å². The minimum atomic E-state index is -3.58. The van der Waals surface area contributed by atoms with Gasteiger partial charge in [-0.05, 0) is 55.2 Å². The average Bonchev–Trinajstić information content (AvgIpc) is 2.72. The molecule has 3 rings (SSSR count). The molecule has 0 bridgehead atoms. The van der Waals surface area contributed by atoms with E-state index >= 15 is 0 Å². The Bertz CT molecular complexity index is 984. The summed E-state index contributed by atoms with van der Waals surface area (Å²) in [5, 5.41) is 0.562. The van der Waals surface area contributed by atoms with Crippen LogP contribution in [0.25, 0.3) is 0 Å². The van der Waals surface area contributed by atoms with E-state index in [1.165, 1.54) is 4.31 Å². The Morgan fingerprint density at radius 1 is 1.17 bits per heavy atom. The van der Waals surface area contributed by atoms with Crippen LogP contribution in [0.15, 0.2) is 53.4 Å². The van der Waals surface area contributed by atoms with Crippen molar-refractivity contribution >= 4 is 27.5 Å². The van der Waals surface area contributed by atoms with Gasteiger partial charge in [-0.3, -0.25) is 4.79 Å². The summed E-state index contributed by atoms with van der Waals surface area (Å²) in [6.07, 6.45) is 1.98. The number of carbonyl (C=O) groups excluding carboxylic acids is 1. The van der Waals surface area contributed by atoms with Gasteiger partial charge >= 0.3 is 0 Å². The van der Waals surface area contributed by atoms with Crippen LogP contribution < -0.4 is 10.5 Å². The topological polar surface area (TPSA) is 89.7 Å². The van der Waals surface area contributed by atoms with E-state index in [2.05, 4.69) is 0 Å². The van der Waals surface area contributed by atoms with Crippen molar-refractivity contribution < 1.29 is 17.9 Å². The first kappa shape index (κ1) is 22.6. The van der Waals surface area contributed by atoms with Crippen molar-refractivity contribution in [1.82, 2.24) is 4.31 Å². The molecular formula is C22H27ClN2O4S. The number of carbonyl (C=O) groups is 1. The molecule has 0 atom stereocenters. The van der Waals surface area contributed by atoms with Gasteiger partial charge in [0.25, 0.3) is 0 Å². The summed E-state index contributed by atoms with van der Waals surface area (Å²) in [4.78, 5) is 12.0. The molecule has 6 nitrogen and oxygen atoms in total. The normalized spacial score (nSPS) is 16.9. The van der Waals surface area contributed by atoms with Crippen molar-refractivity contribution in [2.24, 2.45) is 11.1 Å². The average molecular weight is 451 g/mol. The smallest absolute Gasteiger partial charge is 0.243 e. The fraction of sp³-hybridized carbons (Fsp3) is 0.409. The number of nitrogens with zero attached hydrogens (tertiary/aromatic N) is 1. The van der Waals surface area contributed by atoms with E-state index in [1.807, 2.05) is 19.1 Å². The second kappa shape index (κ2) is 9.37. The first-order chi connectivity index (χ1) is 14.2. The molecule has 162 valence electrons. The van der Waals surface area contributed by atoms with Crippen LogP contribution in [0.5, 0.6) is 5.75 Å². The van der Waals surface area contributed by atoms with E-state index in [9.17, 15) is 13.2 Å². The van der Waals surface area contributed by atoms with Crippen LogP contribution in [0.1, 0.15) is 31.7 Å². The Morgan fingerprint density at radius 3 is 2.40 bits per heavy atom.